The first-order valence-electron chi connectivity index (χ1n) is 5.54. The van der Waals surface area contributed by atoms with Crippen LogP contribution in [0.1, 0.15) is 18.9 Å². The molecule has 0 heterocycles. The summed E-state index contributed by atoms with van der Waals surface area (Å²) in [4.78, 5) is 10.4. The zero-order valence-electron chi connectivity index (χ0n) is 9.85. The molecule has 0 saturated carbocycles. The molecule has 0 aromatic heterocycles. The van der Waals surface area contributed by atoms with Crippen LogP contribution in [0.3, 0.4) is 0 Å². The largest absolute Gasteiger partial charge is 0.313 e. The second kappa shape index (κ2) is 6.66. The van der Waals surface area contributed by atoms with Gasteiger partial charge in [-0.25, -0.2) is 0 Å². The molecule has 0 amide bonds. The van der Waals surface area contributed by atoms with Crippen molar-refractivity contribution < 1.29 is 4.92 Å². The normalized spacial score (nSPS) is 11.8. The molecule has 0 aliphatic heterocycles. The Hall–Kier alpha value is -1.86. The Morgan fingerprint density at radius 1 is 1.53 bits per heavy atom. The summed E-state index contributed by atoms with van der Waals surface area (Å²) in [7, 11) is 0. The van der Waals surface area contributed by atoms with Crippen molar-refractivity contribution >= 4 is 5.69 Å². The average Bonchev–Trinajstić information content (AvgIpc) is 2.30. The predicted octanol–water partition coefficient (Wildman–Crippen LogP) is 2.14. The van der Waals surface area contributed by atoms with Crippen molar-refractivity contribution in [3.63, 3.8) is 0 Å². The van der Waals surface area contributed by atoms with E-state index in [9.17, 15) is 10.1 Å². The summed E-state index contributed by atoms with van der Waals surface area (Å²) in [5, 5.41) is 14.0. The van der Waals surface area contributed by atoms with E-state index in [1.54, 1.807) is 12.1 Å². The van der Waals surface area contributed by atoms with Crippen LogP contribution in [0.25, 0.3) is 0 Å². The molecular formula is C13H16N2O2. The Morgan fingerprint density at radius 2 is 2.24 bits per heavy atom. The van der Waals surface area contributed by atoms with Gasteiger partial charge in [-0.3, -0.25) is 10.1 Å². The highest BCUT2D eigenvalue weighted by atomic mass is 16.6. The van der Waals surface area contributed by atoms with Crippen molar-refractivity contribution in [1.82, 2.24) is 5.32 Å². The maximum absolute atomic E-state index is 10.8. The Bertz CT molecular complexity index is 424. The van der Waals surface area contributed by atoms with Crippen molar-refractivity contribution in [2.75, 3.05) is 6.54 Å². The lowest BCUT2D eigenvalue weighted by atomic mass is 10.1. The molecular weight excluding hydrogens is 216 g/mol. The molecule has 4 heteroatoms. The van der Waals surface area contributed by atoms with Gasteiger partial charge in [0.2, 0.25) is 0 Å². The van der Waals surface area contributed by atoms with Crippen LogP contribution in [-0.4, -0.2) is 17.5 Å². The van der Waals surface area contributed by atoms with E-state index in [0.29, 0.717) is 19.4 Å². The molecule has 0 saturated heterocycles. The smallest absolute Gasteiger partial charge is 0.272 e. The average molecular weight is 232 g/mol. The van der Waals surface area contributed by atoms with Gasteiger partial charge in [0.25, 0.3) is 5.69 Å². The third-order valence-electron chi connectivity index (χ3n) is 2.50. The summed E-state index contributed by atoms with van der Waals surface area (Å²) >= 11 is 0. The summed E-state index contributed by atoms with van der Waals surface area (Å²) in [5.74, 6) is 2.58. The summed E-state index contributed by atoms with van der Waals surface area (Å²) in [6.07, 6.45) is 6.49. The zero-order valence-corrected chi connectivity index (χ0v) is 9.85. The van der Waals surface area contributed by atoms with Crippen molar-refractivity contribution in [2.45, 2.75) is 25.8 Å². The van der Waals surface area contributed by atoms with Crippen LogP contribution in [-0.2, 0) is 6.42 Å². The van der Waals surface area contributed by atoms with E-state index in [1.165, 1.54) is 6.07 Å². The SMILES string of the molecule is C#CCC(C)NCCc1ccccc1[N+](=O)[O-]. The van der Waals surface area contributed by atoms with Gasteiger partial charge in [0.05, 0.1) is 4.92 Å². The number of hydrogen-bond donors (Lipinski definition) is 1. The van der Waals surface area contributed by atoms with E-state index in [4.69, 9.17) is 6.42 Å². The molecule has 1 N–H and O–H groups in total. The Kier molecular flexibility index (Phi) is 5.18. The molecule has 4 nitrogen and oxygen atoms in total. The van der Waals surface area contributed by atoms with Crippen molar-refractivity contribution in [3.8, 4) is 12.3 Å². The van der Waals surface area contributed by atoms with Crippen LogP contribution < -0.4 is 5.32 Å². The summed E-state index contributed by atoms with van der Waals surface area (Å²) in [5.41, 5.74) is 0.928. The highest BCUT2D eigenvalue weighted by Gasteiger charge is 2.11. The highest BCUT2D eigenvalue weighted by molar-refractivity contribution is 5.39. The lowest BCUT2D eigenvalue weighted by molar-refractivity contribution is -0.385. The van der Waals surface area contributed by atoms with Crippen LogP contribution in [0, 0.1) is 22.5 Å². The van der Waals surface area contributed by atoms with Gasteiger partial charge >= 0.3 is 0 Å². The van der Waals surface area contributed by atoms with Crippen molar-refractivity contribution in [3.05, 3.63) is 39.9 Å². The fourth-order valence-corrected chi connectivity index (χ4v) is 1.60. The van der Waals surface area contributed by atoms with E-state index < -0.39 is 0 Å². The zero-order chi connectivity index (χ0) is 12.7. The lowest BCUT2D eigenvalue weighted by Crippen LogP contribution is -2.27. The molecule has 0 aliphatic rings. The maximum atomic E-state index is 10.8. The molecule has 90 valence electrons. The first-order valence-corrected chi connectivity index (χ1v) is 5.54. The van der Waals surface area contributed by atoms with Gasteiger partial charge in [-0.1, -0.05) is 18.2 Å². The third-order valence-corrected chi connectivity index (χ3v) is 2.50. The quantitative estimate of drug-likeness (QED) is 0.464. The molecule has 17 heavy (non-hydrogen) atoms. The second-order valence-electron chi connectivity index (χ2n) is 3.90. The minimum atomic E-state index is -0.347. The van der Waals surface area contributed by atoms with Gasteiger partial charge in [0.1, 0.15) is 0 Å². The number of nitro groups is 1. The Balaban J connectivity index is 2.52. The van der Waals surface area contributed by atoms with Crippen LogP contribution in [0.2, 0.25) is 0 Å². The van der Waals surface area contributed by atoms with Crippen LogP contribution >= 0.6 is 0 Å². The van der Waals surface area contributed by atoms with Gasteiger partial charge in [-0.2, -0.15) is 0 Å². The van der Waals surface area contributed by atoms with Crippen molar-refractivity contribution in [1.29, 1.82) is 0 Å². The standard InChI is InChI=1S/C13H16N2O2/c1-3-6-11(2)14-10-9-12-7-4-5-8-13(12)15(16)17/h1,4-5,7-8,11,14H,6,9-10H2,2H3. The highest BCUT2D eigenvalue weighted by Crippen LogP contribution is 2.17. The van der Waals surface area contributed by atoms with Crippen LogP contribution in [0.5, 0.6) is 0 Å². The van der Waals surface area contributed by atoms with E-state index >= 15 is 0 Å². The van der Waals surface area contributed by atoms with Gasteiger partial charge in [0.15, 0.2) is 0 Å². The van der Waals surface area contributed by atoms with Crippen LogP contribution in [0.4, 0.5) is 5.69 Å². The minimum absolute atomic E-state index is 0.180. The van der Waals surface area contributed by atoms with Gasteiger partial charge in [-0.15, -0.1) is 12.3 Å². The number of hydrogen-bond acceptors (Lipinski definition) is 3. The number of rotatable bonds is 6. The molecule has 1 unspecified atom stereocenters. The maximum Gasteiger partial charge on any atom is 0.272 e. The van der Waals surface area contributed by atoms with Gasteiger partial charge < -0.3 is 5.32 Å². The Labute approximate surface area is 101 Å². The number of nitrogens with one attached hydrogen (secondary N) is 1. The molecule has 0 radical (unpaired) electrons. The topological polar surface area (TPSA) is 55.2 Å². The molecule has 0 fully saturated rings. The molecule has 0 spiro atoms. The first kappa shape index (κ1) is 13.2. The number of para-hydroxylation sites is 1. The minimum Gasteiger partial charge on any atom is -0.313 e. The lowest BCUT2D eigenvalue weighted by Gasteiger charge is -2.10. The number of nitrogens with zero attached hydrogens (tertiary/aromatic N) is 1. The summed E-state index contributed by atoms with van der Waals surface area (Å²) in [6, 6.07) is 7.04. The molecule has 0 bridgehead atoms. The first-order chi connectivity index (χ1) is 8.15. The Morgan fingerprint density at radius 3 is 2.88 bits per heavy atom. The molecule has 1 rings (SSSR count). The van der Waals surface area contributed by atoms with Crippen LogP contribution in [0.15, 0.2) is 24.3 Å². The molecule has 0 aliphatic carbocycles. The number of terminal acetylenes is 1. The fraction of sp³-hybridized carbons (Fsp3) is 0.385. The number of benzene rings is 1. The molecule has 1 aromatic rings. The van der Waals surface area contributed by atoms with E-state index in [-0.39, 0.29) is 16.7 Å². The summed E-state index contributed by atoms with van der Waals surface area (Å²) in [6.45, 7) is 2.69. The van der Waals surface area contributed by atoms with Crippen molar-refractivity contribution in [2.24, 2.45) is 0 Å². The fourth-order valence-electron chi connectivity index (χ4n) is 1.60. The summed E-state index contributed by atoms with van der Waals surface area (Å²) < 4.78 is 0. The molecule has 1 atom stereocenters. The second-order valence-corrected chi connectivity index (χ2v) is 3.90. The van der Waals surface area contributed by atoms with E-state index in [0.717, 1.165) is 5.56 Å². The van der Waals surface area contributed by atoms with E-state index in [2.05, 4.69) is 11.2 Å². The third kappa shape index (κ3) is 4.25. The van der Waals surface area contributed by atoms with Gasteiger partial charge in [-0.05, 0) is 19.9 Å². The predicted molar refractivity (Wildman–Crippen MR) is 67.7 cm³/mol. The van der Waals surface area contributed by atoms with E-state index in [1.807, 2.05) is 13.0 Å². The monoisotopic (exact) mass is 232 g/mol. The molecule has 1 aromatic carbocycles. The number of nitro benzene ring substituents is 1. The van der Waals surface area contributed by atoms with Gasteiger partial charge in [0, 0.05) is 24.1 Å².